The maximum atomic E-state index is 12.5. The summed E-state index contributed by atoms with van der Waals surface area (Å²) in [6, 6.07) is 12.2. The summed E-state index contributed by atoms with van der Waals surface area (Å²) >= 11 is 3.42. The molecule has 0 N–H and O–H groups in total. The molecule has 1 amide bonds. The topological polar surface area (TPSA) is 74.4 Å². The summed E-state index contributed by atoms with van der Waals surface area (Å²) in [4.78, 5) is 18.6. The number of halogens is 1. The van der Waals surface area contributed by atoms with E-state index in [-0.39, 0.29) is 17.9 Å². The van der Waals surface area contributed by atoms with Gasteiger partial charge >= 0.3 is 0 Å². The number of hydrogen-bond donors (Lipinski definition) is 0. The van der Waals surface area contributed by atoms with E-state index in [1.54, 1.807) is 4.90 Å². The molecular weight excluding hydrogens is 406 g/mol. The third-order valence-corrected chi connectivity index (χ3v) is 5.42. The second kappa shape index (κ2) is 10.4. The smallest absolute Gasteiger partial charge is 0.236 e. The summed E-state index contributed by atoms with van der Waals surface area (Å²) in [6.45, 7) is 8.25. The lowest BCUT2D eigenvalue weighted by Crippen LogP contribution is -2.51. The van der Waals surface area contributed by atoms with Crippen LogP contribution in [0.1, 0.15) is 25.5 Å². The van der Waals surface area contributed by atoms with E-state index < -0.39 is 0 Å². The first kappa shape index (κ1) is 21.4. The molecule has 1 aliphatic heterocycles. The number of carbonyl (C=O) groups excluding carboxylic acids is 1. The summed E-state index contributed by atoms with van der Waals surface area (Å²) in [5.74, 6) is -0.0918. The Labute approximate surface area is 170 Å². The standard InChI is InChI=1S/C20H26BrN5O/c1-3-25(14-16(2)12-22)20(27)15-24-8-10-26(11-9-24)19(13-23)17-4-6-18(21)7-5-17/h4-7,16,19H,3,8-11,14-15H2,1-2H3/t16-,19-/m1/s1. The Kier molecular flexibility index (Phi) is 8.24. The van der Waals surface area contributed by atoms with Crippen LogP contribution >= 0.6 is 15.9 Å². The molecule has 0 aromatic heterocycles. The summed E-state index contributed by atoms with van der Waals surface area (Å²) in [5.41, 5.74) is 0.993. The van der Waals surface area contributed by atoms with Crippen LogP contribution in [0.2, 0.25) is 0 Å². The van der Waals surface area contributed by atoms with E-state index in [2.05, 4.69) is 37.9 Å². The van der Waals surface area contributed by atoms with Gasteiger partial charge in [-0.2, -0.15) is 10.5 Å². The van der Waals surface area contributed by atoms with E-state index in [1.807, 2.05) is 38.1 Å². The molecule has 2 rings (SSSR count). The lowest BCUT2D eigenvalue weighted by atomic mass is 10.1. The van der Waals surface area contributed by atoms with Crippen LogP contribution in [0.15, 0.2) is 28.7 Å². The number of hydrogen-bond acceptors (Lipinski definition) is 5. The first-order valence-electron chi connectivity index (χ1n) is 9.27. The van der Waals surface area contributed by atoms with Crippen LogP contribution in [0.25, 0.3) is 0 Å². The molecule has 144 valence electrons. The summed E-state index contributed by atoms with van der Waals surface area (Å²) in [5, 5.41) is 18.6. The zero-order valence-electron chi connectivity index (χ0n) is 15.9. The van der Waals surface area contributed by atoms with Gasteiger partial charge < -0.3 is 4.90 Å². The van der Waals surface area contributed by atoms with Gasteiger partial charge in [-0.05, 0) is 31.5 Å². The van der Waals surface area contributed by atoms with Crippen LogP contribution in [-0.4, -0.2) is 66.4 Å². The van der Waals surface area contributed by atoms with Crippen molar-refractivity contribution >= 4 is 21.8 Å². The lowest BCUT2D eigenvalue weighted by Gasteiger charge is -2.37. The SMILES string of the molecule is CCN(C[C@H](C)C#N)C(=O)CN1CCN([C@H](C#N)c2ccc(Br)cc2)CC1. The molecule has 1 aliphatic rings. The van der Waals surface area contributed by atoms with Gasteiger partial charge in [0.15, 0.2) is 0 Å². The third kappa shape index (κ3) is 6.04. The number of nitrogens with zero attached hydrogens (tertiary/aromatic N) is 5. The highest BCUT2D eigenvalue weighted by Gasteiger charge is 2.26. The lowest BCUT2D eigenvalue weighted by molar-refractivity contribution is -0.133. The van der Waals surface area contributed by atoms with Gasteiger partial charge in [-0.1, -0.05) is 28.1 Å². The number of benzene rings is 1. The normalized spacial score (nSPS) is 17.5. The molecule has 1 heterocycles. The monoisotopic (exact) mass is 431 g/mol. The molecule has 0 saturated carbocycles. The highest BCUT2D eigenvalue weighted by Crippen LogP contribution is 2.23. The molecule has 0 bridgehead atoms. The first-order chi connectivity index (χ1) is 13.0. The summed E-state index contributed by atoms with van der Waals surface area (Å²) < 4.78 is 0.998. The van der Waals surface area contributed by atoms with Crippen molar-refractivity contribution in [2.75, 3.05) is 45.8 Å². The van der Waals surface area contributed by atoms with Crippen molar-refractivity contribution in [3.63, 3.8) is 0 Å². The maximum absolute atomic E-state index is 12.5. The first-order valence-corrected chi connectivity index (χ1v) is 10.1. The molecule has 1 aromatic carbocycles. The zero-order chi connectivity index (χ0) is 19.8. The molecule has 0 radical (unpaired) electrons. The minimum absolute atomic E-state index is 0.0674. The van der Waals surface area contributed by atoms with E-state index in [0.29, 0.717) is 19.6 Å². The average Bonchev–Trinajstić information content (AvgIpc) is 2.69. The Bertz CT molecular complexity index is 701. The van der Waals surface area contributed by atoms with Crippen LogP contribution in [-0.2, 0) is 4.79 Å². The maximum Gasteiger partial charge on any atom is 0.236 e. The number of piperazine rings is 1. The van der Waals surface area contributed by atoms with Crippen LogP contribution in [0, 0.1) is 28.6 Å². The fraction of sp³-hybridized carbons (Fsp3) is 0.550. The molecule has 27 heavy (non-hydrogen) atoms. The van der Waals surface area contributed by atoms with Gasteiger partial charge in [0, 0.05) is 43.7 Å². The van der Waals surface area contributed by atoms with Crippen molar-refractivity contribution in [1.82, 2.24) is 14.7 Å². The van der Waals surface area contributed by atoms with Crippen LogP contribution in [0.3, 0.4) is 0 Å². The van der Waals surface area contributed by atoms with E-state index in [1.165, 1.54) is 0 Å². The second-order valence-corrected chi connectivity index (χ2v) is 7.77. The minimum atomic E-state index is -0.264. The molecule has 1 saturated heterocycles. The molecule has 1 aromatic rings. The quantitative estimate of drug-likeness (QED) is 0.663. The van der Waals surface area contributed by atoms with E-state index >= 15 is 0 Å². The van der Waals surface area contributed by atoms with Crippen molar-refractivity contribution < 1.29 is 4.79 Å². The molecule has 0 spiro atoms. The Morgan fingerprint density at radius 2 is 1.81 bits per heavy atom. The fourth-order valence-corrected chi connectivity index (χ4v) is 3.53. The van der Waals surface area contributed by atoms with Crippen molar-refractivity contribution in [2.24, 2.45) is 5.92 Å². The fourth-order valence-electron chi connectivity index (χ4n) is 3.26. The van der Waals surface area contributed by atoms with Gasteiger partial charge in [0.2, 0.25) is 5.91 Å². The predicted molar refractivity (Wildman–Crippen MR) is 108 cm³/mol. The molecule has 1 fully saturated rings. The van der Waals surface area contributed by atoms with Gasteiger partial charge in [-0.25, -0.2) is 0 Å². The second-order valence-electron chi connectivity index (χ2n) is 6.86. The van der Waals surface area contributed by atoms with Gasteiger partial charge in [0.1, 0.15) is 6.04 Å². The molecule has 6 nitrogen and oxygen atoms in total. The third-order valence-electron chi connectivity index (χ3n) is 4.89. The summed E-state index contributed by atoms with van der Waals surface area (Å²) in [7, 11) is 0. The average molecular weight is 432 g/mol. The van der Waals surface area contributed by atoms with Crippen LogP contribution < -0.4 is 0 Å². The van der Waals surface area contributed by atoms with Gasteiger partial charge in [-0.3, -0.25) is 14.6 Å². The highest BCUT2D eigenvalue weighted by molar-refractivity contribution is 9.10. The minimum Gasteiger partial charge on any atom is -0.341 e. The van der Waals surface area contributed by atoms with Crippen LogP contribution in [0.5, 0.6) is 0 Å². The number of rotatable bonds is 7. The van der Waals surface area contributed by atoms with Gasteiger partial charge in [0.25, 0.3) is 0 Å². The van der Waals surface area contributed by atoms with Crippen LogP contribution in [0.4, 0.5) is 0 Å². The van der Waals surface area contributed by atoms with Gasteiger partial charge in [-0.15, -0.1) is 0 Å². The zero-order valence-corrected chi connectivity index (χ0v) is 17.5. The number of likely N-dealkylation sites (N-methyl/N-ethyl adjacent to an activating group) is 1. The van der Waals surface area contributed by atoms with Crippen molar-refractivity contribution in [1.29, 1.82) is 10.5 Å². The van der Waals surface area contributed by atoms with E-state index in [0.717, 1.165) is 36.2 Å². The van der Waals surface area contributed by atoms with Crippen molar-refractivity contribution in [3.8, 4) is 12.1 Å². The molecular formula is C20H26BrN5O. The number of amides is 1. The van der Waals surface area contributed by atoms with E-state index in [9.17, 15) is 10.1 Å². The Balaban J connectivity index is 1.89. The number of nitriles is 2. The molecule has 7 heteroatoms. The van der Waals surface area contributed by atoms with E-state index in [4.69, 9.17) is 5.26 Å². The Hall–Kier alpha value is -1.93. The van der Waals surface area contributed by atoms with Crippen molar-refractivity contribution in [2.45, 2.75) is 19.9 Å². The summed E-state index contributed by atoms with van der Waals surface area (Å²) in [6.07, 6.45) is 0. The highest BCUT2D eigenvalue weighted by atomic mass is 79.9. The largest absolute Gasteiger partial charge is 0.341 e. The molecule has 0 aliphatic carbocycles. The molecule has 0 unspecified atom stereocenters. The van der Waals surface area contributed by atoms with Crippen molar-refractivity contribution in [3.05, 3.63) is 34.3 Å². The Morgan fingerprint density at radius 1 is 1.19 bits per heavy atom. The molecule has 2 atom stereocenters. The number of carbonyl (C=O) groups is 1. The Morgan fingerprint density at radius 3 is 2.33 bits per heavy atom. The van der Waals surface area contributed by atoms with Gasteiger partial charge in [0.05, 0.1) is 24.6 Å². The predicted octanol–water partition coefficient (Wildman–Crippen LogP) is 2.64.